The number of nitrogens with one attached hydrogen (secondary N) is 1. The maximum Gasteiger partial charge on any atom is 0.126 e. The smallest absolute Gasteiger partial charge is 0.126 e. The van der Waals surface area contributed by atoms with Crippen molar-refractivity contribution in [3.05, 3.63) is 35.1 Å². The highest BCUT2D eigenvalue weighted by Gasteiger charge is 1.98. The number of aryl methyl sites for hydroxylation is 1. The highest BCUT2D eigenvalue weighted by Crippen LogP contribution is 2.08. The van der Waals surface area contributed by atoms with Gasteiger partial charge in [0, 0.05) is 6.54 Å². The summed E-state index contributed by atoms with van der Waals surface area (Å²) in [5.41, 5.74) is 7.17. The minimum atomic E-state index is -0.143. The topological polar surface area (TPSA) is 38.0 Å². The molecule has 0 radical (unpaired) electrons. The van der Waals surface area contributed by atoms with Gasteiger partial charge >= 0.3 is 0 Å². The summed E-state index contributed by atoms with van der Waals surface area (Å²) in [5, 5.41) is 3.25. The third kappa shape index (κ3) is 3.44. The number of hydrogen-bond acceptors (Lipinski definition) is 2. The van der Waals surface area contributed by atoms with Gasteiger partial charge in [-0.05, 0) is 43.6 Å². The summed E-state index contributed by atoms with van der Waals surface area (Å²) < 4.78 is 12.9. The molecule has 1 aromatic rings. The van der Waals surface area contributed by atoms with E-state index in [4.69, 9.17) is 5.73 Å². The Morgan fingerprint density at radius 3 is 2.86 bits per heavy atom. The van der Waals surface area contributed by atoms with Crippen molar-refractivity contribution in [1.82, 2.24) is 5.32 Å². The van der Waals surface area contributed by atoms with E-state index in [0.29, 0.717) is 12.1 Å². The van der Waals surface area contributed by atoms with Crippen LogP contribution in [0.15, 0.2) is 18.2 Å². The molecule has 0 fully saturated rings. The second-order valence-electron chi connectivity index (χ2n) is 3.40. The predicted molar refractivity (Wildman–Crippen MR) is 56.5 cm³/mol. The molecule has 0 bridgehead atoms. The van der Waals surface area contributed by atoms with Crippen LogP contribution in [-0.2, 0) is 6.54 Å². The third-order valence-corrected chi connectivity index (χ3v) is 2.11. The molecule has 0 aromatic heterocycles. The van der Waals surface area contributed by atoms with Crippen molar-refractivity contribution in [2.45, 2.75) is 19.9 Å². The summed E-state index contributed by atoms with van der Waals surface area (Å²) in [6.07, 6.45) is 0.972. The van der Waals surface area contributed by atoms with Crippen LogP contribution in [-0.4, -0.2) is 13.1 Å². The minimum Gasteiger partial charge on any atom is -0.330 e. The molecule has 0 amide bonds. The number of nitrogens with two attached hydrogens (primary N) is 1. The fourth-order valence-electron chi connectivity index (χ4n) is 1.28. The summed E-state index contributed by atoms with van der Waals surface area (Å²) in [6, 6.07) is 5.18. The van der Waals surface area contributed by atoms with Gasteiger partial charge in [0.2, 0.25) is 0 Å². The lowest BCUT2D eigenvalue weighted by Crippen LogP contribution is -2.17. The summed E-state index contributed by atoms with van der Waals surface area (Å²) in [6.45, 7) is 4.17. The van der Waals surface area contributed by atoms with Gasteiger partial charge in [0.25, 0.3) is 0 Å². The summed E-state index contributed by atoms with van der Waals surface area (Å²) >= 11 is 0. The summed E-state index contributed by atoms with van der Waals surface area (Å²) in [4.78, 5) is 0. The summed E-state index contributed by atoms with van der Waals surface area (Å²) in [7, 11) is 0. The Morgan fingerprint density at radius 1 is 1.43 bits per heavy atom. The molecular weight excluding hydrogens is 179 g/mol. The molecule has 2 nitrogen and oxygen atoms in total. The maximum atomic E-state index is 12.9. The second-order valence-corrected chi connectivity index (χ2v) is 3.40. The molecule has 78 valence electrons. The Kier molecular flexibility index (Phi) is 4.56. The lowest BCUT2D eigenvalue weighted by Gasteiger charge is -2.05. The standard InChI is InChI=1S/C11H17FN2/c1-9-7-10(3-4-11(9)12)8-14-6-2-5-13/h3-4,7,14H,2,5-6,8,13H2,1H3. The largest absolute Gasteiger partial charge is 0.330 e. The van der Waals surface area contributed by atoms with Gasteiger partial charge in [-0.2, -0.15) is 0 Å². The molecule has 0 saturated carbocycles. The first-order valence-corrected chi connectivity index (χ1v) is 4.90. The Balaban J connectivity index is 2.39. The van der Waals surface area contributed by atoms with Crippen molar-refractivity contribution in [1.29, 1.82) is 0 Å². The van der Waals surface area contributed by atoms with Crippen molar-refractivity contribution in [2.24, 2.45) is 5.73 Å². The van der Waals surface area contributed by atoms with Gasteiger partial charge in [0.1, 0.15) is 5.82 Å². The zero-order valence-electron chi connectivity index (χ0n) is 8.52. The van der Waals surface area contributed by atoms with Gasteiger partial charge in [-0.1, -0.05) is 12.1 Å². The minimum absolute atomic E-state index is 0.143. The molecule has 0 saturated heterocycles. The average molecular weight is 196 g/mol. The number of halogens is 1. The van der Waals surface area contributed by atoms with E-state index in [1.165, 1.54) is 6.07 Å². The van der Waals surface area contributed by atoms with Crippen LogP contribution in [0, 0.1) is 12.7 Å². The van der Waals surface area contributed by atoms with Crippen LogP contribution in [0.5, 0.6) is 0 Å². The van der Waals surface area contributed by atoms with Crippen LogP contribution in [0.25, 0.3) is 0 Å². The molecular formula is C11H17FN2. The fourth-order valence-corrected chi connectivity index (χ4v) is 1.28. The zero-order chi connectivity index (χ0) is 10.4. The first-order valence-electron chi connectivity index (χ1n) is 4.90. The van der Waals surface area contributed by atoms with Crippen molar-refractivity contribution in [3.63, 3.8) is 0 Å². The Hall–Kier alpha value is -0.930. The Bertz CT molecular complexity index is 287. The average Bonchev–Trinajstić information content (AvgIpc) is 2.18. The van der Waals surface area contributed by atoms with Crippen molar-refractivity contribution in [2.75, 3.05) is 13.1 Å². The fraction of sp³-hybridized carbons (Fsp3) is 0.455. The molecule has 14 heavy (non-hydrogen) atoms. The highest BCUT2D eigenvalue weighted by atomic mass is 19.1. The predicted octanol–water partition coefficient (Wildman–Crippen LogP) is 1.57. The van der Waals surface area contributed by atoms with Gasteiger partial charge in [0.15, 0.2) is 0 Å². The lowest BCUT2D eigenvalue weighted by atomic mass is 10.1. The van der Waals surface area contributed by atoms with Gasteiger partial charge in [-0.25, -0.2) is 4.39 Å². The molecule has 3 N–H and O–H groups in total. The third-order valence-electron chi connectivity index (χ3n) is 2.11. The number of benzene rings is 1. The van der Waals surface area contributed by atoms with E-state index in [2.05, 4.69) is 5.32 Å². The van der Waals surface area contributed by atoms with Gasteiger partial charge in [-0.3, -0.25) is 0 Å². The normalized spacial score (nSPS) is 10.5. The second kappa shape index (κ2) is 5.73. The van der Waals surface area contributed by atoms with E-state index in [9.17, 15) is 4.39 Å². The lowest BCUT2D eigenvalue weighted by molar-refractivity contribution is 0.614. The molecule has 0 atom stereocenters. The van der Waals surface area contributed by atoms with E-state index >= 15 is 0 Å². The molecule has 0 aliphatic rings. The van der Waals surface area contributed by atoms with Crippen LogP contribution in [0.2, 0.25) is 0 Å². The monoisotopic (exact) mass is 196 g/mol. The molecule has 0 aliphatic carbocycles. The van der Waals surface area contributed by atoms with Crippen LogP contribution < -0.4 is 11.1 Å². The Labute approximate surface area is 84.3 Å². The first kappa shape index (κ1) is 11.1. The van der Waals surface area contributed by atoms with E-state index in [0.717, 1.165) is 25.1 Å². The quantitative estimate of drug-likeness (QED) is 0.702. The zero-order valence-corrected chi connectivity index (χ0v) is 8.52. The SMILES string of the molecule is Cc1cc(CNCCCN)ccc1F. The molecule has 0 heterocycles. The van der Waals surface area contributed by atoms with E-state index in [-0.39, 0.29) is 5.82 Å². The molecule has 1 rings (SSSR count). The van der Waals surface area contributed by atoms with E-state index in [1.807, 2.05) is 6.07 Å². The first-order chi connectivity index (χ1) is 6.74. The molecule has 3 heteroatoms. The van der Waals surface area contributed by atoms with Gasteiger partial charge in [0.05, 0.1) is 0 Å². The highest BCUT2D eigenvalue weighted by molar-refractivity contribution is 5.23. The maximum absolute atomic E-state index is 12.9. The van der Waals surface area contributed by atoms with Gasteiger partial charge < -0.3 is 11.1 Å². The van der Waals surface area contributed by atoms with Crippen molar-refractivity contribution < 1.29 is 4.39 Å². The Morgan fingerprint density at radius 2 is 2.21 bits per heavy atom. The number of rotatable bonds is 5. The van der Waals surface area contributed by atoms with Gasteiger partial charge in [-0.15, -0.1) is 0 Å². The van der Waals surface area contributed by atoms with Crippen LogP contribution >= 0.6 is 0 Å². The summed E-state index contributed by atoms with van der Waals surface area (Å²) in [5.74, 6) is -0.143. The molecule has 0 spiro atoms. The molecule has 1 aromatic carbocycles. The van der Waals surface area contributed by atoms with Crippen molar-refractivity contribution >= 4 is 0 Å². The van der Waals surface area contributed by atoms with E-state index in [1.54, 1.807) is 13.0 Å². The van der Waals surface area contributed by atoms with Crippen molar-refractivity contribution in [3.8, 4) is 0 Å². The molecule has 0 unspecified atom stereocenters. The van der Waals surface area contributed by atoms with Crippen LogP contribution in [0.1, 0.15) is 17.5 Å². The van der Waals surface area contributed by atoms with Crippen LogP contribution in [0.3, 0.4) is 0 Å². The number of hydrogen-bond donors (Lipinski definition) is 2. The van der Waals surface area contributed by atoms with Crippen LogP contribution in [0.4, 0.5) is 4.39 Å². The van der Waals surface area contributed by atoms with E-state index < -0.39 is 0 Å². The molecule has 0 aliphatic heterocycles.